The Kier molecular flexibility index (Phi) is 4.33. The Hall–Kier alpha value is -1.39. The van der Waals surface area contributed by atoms with Crippen molar-refractivity contribution in [3.8, 4) is 0 Å². The van der Waals surface area contributed by atoms with Gasteiger partial charge in [-0.3, -0.25) is 4.90 Å². The number of imidazole rings is 1. The number of aromatic nitrogens is 2. The number of ether oxygens (including phenoxy) is 1. The van der Waals surface area contributed by atoms with E-state index in [4.69, 9.17) is 4.74 Å². The van der Waals surface area contributed by atoms with E-state index in [1.807, 2.05) is 6.33 Å². The molecule has 20 heavy (non-hydrogen) atoms. The third-order valence-corrected chi connectivity index (χ3v) is 4.11. The van der Waals surface area contributed by atoms with Gasteiger partial charge in [0.15, 0.2) is 0 Å². The van der Waals surface area contributed by atoms with Crippen LogP contribution in [0.3, 0.4) is 0 Å². The molecule has 4 heteroatoms. The Morgan fingerprint density at radius 2 is 2.25 bits per heavy atom. The summed E-state index contributed by atoms with van der Waals surface area (Å²) in [6.07, 6.45) is 4.50. The van der Waals surface area contributed by atoms with Crippen LogP contribution in [0.5, 0.6) is 0 Å². The molecule has 1 aromatic carbocycles. The van der Waals surface area contributed by atoms with Crippen LogP contribution < -0.4 is 0 Å². The van der Waals surface area contributed by atoms with Crippen molar-refractivity contribution in [2.45, 2.75) is 25.8 Å². The van der Waals surface area contributed by atoms with Crippen molar-refractivity contribution in [2.75, 3.05) is 32.8 Å². The standard InChI is InChI=1S/C16H23N3O/c1-2-20-11-10-18-9-5-6-14(12-18)19-13-17-15-7-3-4-8-16(15)19/h3-4,7-8,13-14H,2,5-6,9-12H2,1H3/t14-/m1/s1. The first kappa shape index (κ1) is 13.6. The van der Waals surface area contributed by atoms with Crippen molar-refractivity contribution in [3.05, 3.63) is 30.6 Å². The molecule has 2 heterocycles. The van der Waals surface area contributed by atoms with Crippen molar-refractivity contribution in [3.63, 3.8) is 0 Å². The average molecular weight is 273 g/mol. The summed E-state index contributed by atoms with van der Waals surface area (Å²) in [6, 6.07) is 8.94. The molecule has 1 fully saturated rings. The molecule has 1 aromatic heterocycles. The molecule has 1 atom stereocenters. The first-order valence-electron chi connectivity index (χ1n) is 7.60. The zero-order valence-corrected chi connectivity index (χ0v) is 12.2. The first-order valence-corrected chi connectivity index (χ1v) is 7.60. The molecule has 1 aliphatic rings. The number of hydrogen-bond acceptors (Lipinski definition) is 3. The van der Waals surface area contributed by atoms with E-state index in [1.54, 1.807) is 0 Å². The van der Waals surface area contributed by atoms with Gasteiger partial charge in [-0.1, -0.05) is 12.1 Å². The van der Waals surface area contributed by atoms with E-state index in [-0.39, 0.29) is 0 Å². The SMILES string of the molecule is CCOCCN1CCC[C@@H](n2cnc3ccccc32)C1. The molecule has 0 N–H and O–H groups in total. The summed E-state index contributed by atoms with van der Waals surface area (Å²) < 4.78 is 7.82. The van der Waals surface area contributed by atoms with Crippen LogP contribution in [0, 0.1) is 0 Å². The molecule has 0 radical (unpaired) electrons. The van der Waals surface area contributed by atoms with Crippen LogP contribution in [0.4, 0.5) is 0 Å². The molecule has 0 bridgehead atoms. The quantitative estimate of drug-likeness (QED) is 0.785. The topological polar surface area (TPSA) is 30.3 Å². The summed E-state index contributed by atoms with van der Waals surface area (Å²) in [6.45, 7) is 7.04. The largest absolute Gasteiger partial charge is 0.380 e. The van der Waals surface area contributed by atoms with Gasteiger partial charge in [0.05, 0.1) is 24.0 Å². The van der Waals surface area contributed by atoms with Crippen molar-refractivity contribution < 1.29 is 4.74 Å². The highest BCUT2D eigenvalue weighted by molar-refractivity contribution is 5.75. The lowest BCUT2D eigenvalue weighted by molar-refractivity contribution is 0.0938. The Morgan fingerprint density at radius 3 is 3.15 bits per heavy atom. The molecule has 1 saturated heterocycles. The van der Waals surface area contributed by atoms with E-state index in [0.717, 1.165) is 31.8 Å². The smallest absolute Gasteiger partial charge is 0.0961 e. The third-order valence-electron chi connectivity index (χ3n) is 4.11. The predicted molar refractivity (Wildman–Crippen MR) is 80.9 cm³/mol. The minimum atomic E-state index is 0.540. The fourth-order valence-corrected chi connectivity index (χ4v) is 3.07. The summed E-state index contributed by atoms with van der Waals surface area (Å²) in [7, 11) is 0. The van der Waals surface area contributed by atoms with Gasteiger partial charge in [0, 0.05) is 25.7 Å². The molecule has 0 saturated carbocycles. The van der Waals surface area contributed by atoms with Crippen LogP contribution in [0.1, 0.15) is 25.8 Å². The zero-order valence-electron chi connectivity index (χ0n) is 12.2. The van der Waals surface area contributed by atoms with Gasteiger partial charge in [0.25, 0.3) is 0 Å². The molecule has 2 aromatic rings. The van der Waals surface area contributed by atoms with Gasteiger partial charge >= 0.3 is 0 Å². The number of benzene rings is 1. The molecule has 3 rings (SSSR count). The van der Waals surface area contributed by atoms with Gasteiger partial charge < -0.3 is 9.30 Å². The molecule has 0 aliphatic carbocycles. The Labute approximate surface area is 120 Å². The molecule has 4 nitrogen and oxygen atoms in total. The fourth-order valence-electron chi connectivity index (χ4n) is 3.07. The lowest BCUT2D eigenvalue weighted by Crippen LogP contribution is -2.38. The van der Waals surface area contributed by atoms with E-state index in [9.17, 15) is 0 Å². The molecule has 1 aliphatic heterocycles. The Bertz CT molecular complexity index is 551. The van der Waals surface area contributed by atoms with Crippen LogP contribution in [-0.4, -0.2) is 47.3 Å². The zero-order chi connectivity index (χ0) is 13.8. The summed E-state index contributed by atoms with van der Waals surface area (Å²) in [4.78, 5) is 7.03. The van der Waals surface area contributed by atoms with Crippen molar-refractivity contribution in [2.24, 2.45) is 0 Å². The Balaban J connectivity index is 1.70. The van der Waals surface area contributed by atoms with E-state index in [1.165, 1.54) is 24.9 Å². The van der Waals surface area contributed by atoms with E-state index in [2.05, 4.69) is 45.6 Å². The summed E-state index contributed by atoms with van der Waals surface area (Å²) in [5.74, 6) is 0. The lowest BCUT2D eigenvalue weighted by atomic mass is 10.1. The number of para-hydroxylation sites is 2. The maximum atomic E-state index is 5.47. The lowest BCUT2D eigenvalue weighted by Gasteiger charge is -2.33. The highest BCUT2D eigenvalue weighted by atomic mass is 16.5. The number of fused-ring (bicyclic) bond motifs is 1. The highest BCUT2D eigenvalue weighted by Gasteiger charge is 2.22. The van der Waals surface area contributed by atoms with Crippen molar-refractivity contribution >= 4 is 11.0 Å². The maximum Gasteiger partial charge on any atom is 0.0961 e. The van der Waals surface area contributed by atoms with Gasteiger partial charge in [-0.05, 0) is 38.4 Å². The molecular formula is C16H23N3O. The van der Waals surface area contributed by atoms with Gasteiger partial charge in [-0.15, -0.1) is 0 Å². The maximum absolute atomic E-state index is 5.47. The number of piperidine rings is 1. The van der Waals surface area contributed by atoms with Gasteiger partial charge in [-0.25, -0.2) is 4.98 Å². The molecule has 0 spiro atoms. The van der Waals surface area contributed by atoms with Gasteiger partial charge in [0.2, 0.25) is 0 Å². The highest BCUT2D eigenvalue weighted by Crippen LogP contribution is 2.25. The second kappa shape index (κ2) is 6.37. The monoisotopic (exact) mass is 273 g/mol. The number of nitrogens with zero attached hydrogens (tertiary/aromatic N) is 3. The summed E-state index contributed by atoms with van der Waals surface area (Å²) >= 11 is 0. The van der Waals surface area contributed by atoms with Gasteiger partial charge in [0.1, 0.15) is 0 Å². The Morgan fingerprint density at radius 1 is 1.35 bits per heavy atom. The predicted octanol–water partition coefficient (Wildman–Crippen LogP) is 2.71. The molecule has 0 amide bonds. The van der Waals surface area contributed by atoms with Crippen molar-refractivity contribution in [1.29, 1.82) is 0 Å². The van der Waals surface area contributed by atoms with Crippen molar-refractivity contribution in [1.82, 2.24) is 14.5 Å². The normalized spacial score (nSPS) is 20.6. The number of rotatable bonds is 5. The van der Waals surface area contributed by atoms with Crippen LogP contribution in [0.25, 0.3) is 11.0 Å². The summed E-state index contributed by atoms with van der Waals surface area (Å²) in [5, 5.41) is 0. The van der Waals surface area contributed by atoms with Crippen LogP contribution in [0.2, 0.25) is 0 Å². The van der Waals surface area contributed by atoms with Crippen LogP contribution >= 0.6 is 0 Å². The van der Waals surface area contributed by atoms with E-state index >= 15 is 0 Å². The first-order chi connectivity index (χ1) is 9.88. The van der Waals surface area contributed by atoms with E-state index in [0.29, 0.717) is 6.04 Å². The third kappa shape index (κ3) is 2.86. The summed E-state index contributed by atoms with van der Waals surface area (Å²) in [5.41, 5.74) is 2.35. The number of hydrogen-bond donors (Lipinski definition) is 0. The molecule has 108 valence electrons. The minimum Gasteiger partial charge on any atom is -0.380 e. The second-order valence-corrected chi connectivity index (χ2v) is 5.43. The fraction of sp³-hybridized carbons (Fsp3) is 0.562. The molecular weight excluding hydrogens is 250 g/mol. The minimum absolute atomic E-state index is 0.540. The number of likely N-dealkylation sites (tertiary alicyclic amines) is 1. The van der Waals surface area contributed by atoms with Crippen LogP contribution in [-0.2, 0) is 4.74 Å². The average Bonchev–Trinajstić information content (AvgIpc) is 2.92. The second-order valence-electron chi connectivity index (χ2n) is 5.43. The van der Waals surface area contributed by atoms with E-state index < -0.39 is 0 Å². The van der Waals surface area contributed by atoms with Gasteiger partial charge in [-0.2, -0.15) is 0 Å². The van der Waals surface area contributed by atoms with Crippen LogP contribution in [0.15, 0.2) is 30.6 Å². The molecule has 0 unspecified atom stereocenters.